The summed E-state index contributed by atoms with van der Waals surface area (Å²) in [5.74, 6) is -0.373. The minimum atomic E-state index is -3.85. The van der Waals surface area contributed by atoms with Gasteiger partial charge in [0.15, 0.2) is 0 Å². The molecule has 0 aromatic carbocycles. The maximum Gasteiger partial charge on any atom is 0.264 e. The number of carbonyl (C=O) groups is 1. The minimum absolute atomic E-state index is 0.133. The summed E-state index contributed by atoms with van der Waals surface area (Å²) < 4.78 is 29.0. The highest BCUT2D eigenvalue weighted by atomic mass is 32.2. The molecule has 82 valence electrons. The van der Waals surface area contributed by atoms with Gasteiger partial charge in [0.1, 0.15) is 0 Å². The summed E-state index contributed by atoms with van der Waals surface area (Å²) >= 11 is 0. The van der Waals surface area contributed by atoms with Crippen molar-refractivity contribution in [3.63, 3.8) is 0 Å². The number of rotatable bonds is 7. The van der Waals surface area contributed by atoms with E-state index in [1.165, 1.54) is 6.20 Å². The van der Waals surface area contributed by atoms with Crippen molar-refractivity contribution < 1.29 is 17.8 Å². The lowest BCUT2D eigenvalue weighted by Gasteiger charge is -1.99. The standard InChI is InChI=1S/C8H15NO4S/c1-2-9-8(10)6-4-3-5-7-14(11,12)13/h2H,1,3-7H2,(H,9,10)(H,11,12,13). The van der Waals surface area contributed by atoms with Gasteiger partial charge in [-0.1, -0.05) is 13.0 Å². The zero-order chi connectivity index (χ0) is 11.0. The highest BCUT2D eigenvalue weighted by Gasteiger charge is 2.04. The molecule has 0 rings (SSSR count). The highest BCUT2D eigenvalue weighted by molar-refractivity contribution is 7.85. The molecular formula is C8H15NO4S. The summed E-state index contributed by atoms with van der Waals surface area (Å²) in [7, 11) is -3.85. The van der Waals surface area contributed by atoms with Crippen molar-refractivity contribution in [2.24, 2.45) is 0 Å². The van der Waals surface area contributed by atoms with Crippen molar-refractivity contribution in [2.75, 3.05) is 5.75 Å². The second-order valence-corrected chi connectivity index (χ2v) is 4.44. The predicted octanol–water partition coefficient (Wildman–Crippen LogP) is 0.694. The minimum Gasteiger partial charge on any atom is -0.333 e. The number of carbonyl (C=O) groups excluding carboxylic acids is 1. The van der Waals surface area contributed by atoms with Crippen LogP contribution in [0, 0.1) is 0 Å². The van der Waals surface area contributed by atoms with E-state index in [0.717, 1.165) is 0 Å². The number of hydrogen-bond acceptors (Lipinski definition) is 3. The number of hydrogen-bond donors (Lipinski definition) is 2. The SMILES string of the molecule is C=CNC(=O)CCCCCS(=O)(=O)O. The Balaban J connectivity index is 3.39. The Morgan fingerprint density at radius 3 is 2.50 bits per heavy atom. The number of amides is 1. The van der Waals surface area contributed by atoms with Crippen molar-refractivity contribution >= 4 is 16.0 Å². The summed E-state index contributed by atoms with van der Waals surface area (Å²) in [6.07, 6.45) is 3.23. The molecule has 0 bridgehead atoms. The molecule has 5 nitrogen and oxygen atoms in total. The van der Waals surface area contributed by atoms with E-state index >= 15 is 0 Å². The molecule has 0 aliphatic rings. The molecule has 1 amide bonds. The van der Waals surface area contributed by atoms with Crippen LogP contribution >= 0.6 is 0 Å². The van der Waals surface area contributed by atoms with Crippen LogP contribution in [-0.4, -0.2) is 24.6 Å². The van der Waals surface area contributed by atoms with Crippen molar-refractivity contribution in [3.05, 3.63) is 12.8 Å². The van der Waals surface area contributed by atoms with Gasteiger partial charge in [-0.15, -0.1) is 0 Å². The van der Waals surface area contributed by atoms with Gasteiger partial charge < -0.3 is 5.32 Å². The summed E-state index contributed by atoms with van der Waals surface area (Å²) in [5.41, 5.74) is 0. The molecule has 0 atom stereocenters. The molecule has 0 saturated heterocycles. The fraction of sp³-hybridized carbons (Fsp3) is 0.625. The number of unbranched alkanes of at least 4 members (excludes halogenated alkanes) is 2. The first-order valence-corrected chi connectivity index (χ1v) is 5.92. The Morgan fingerprint density at radius 2 is 2.00 bits per heavy atom. The zero-order valence-corrected chi connectivity index (χ0v) is 8.72. The van der Waals surface area contributed by atoms with Gasteiger partial charge in [-0.3, -0.25) is 9.35 Å². The molecule has 6 heteroatoms. The highest BCUT2D eigenvalue weighted by Crippen LogP contribution is 2.01. The van der Waals surface area contributed by atoms with Gasteiger partial charge in [0.2, 0.25) is 5.91 Å². The second kappa shape index (κ2) is 6.56. The van der Waals surface area contributed by atoms with Crippen LogP contribution in [0.2, 0.25) is 0 Å². The van der Waals surface area contributed by atoms with Crippen molar-refractivity contribution in [1.29, 1.82) is 0 Å². The first-order valence-electron chi connectivity index (χ1n) is 4.31. The Morgan fingerprint density at radius 1 is 1.36 bits per heavy atom. The molecule has 0 heterocycles. The topological polar surface area (TPSA) is 83.5 Å². The molecular weight excluding hydrogens is 206 g/mol. The van der Waals surface area contributed by atoms with Gasteiger partial charge in [0.25, 0.3) is 10.1 Å². The quantitative estimate of drug-likeness (QED) is 0.489. The van der Waals surface area contributed by atoms with Gasteiger partial charge in [-0.2, -0.15) is 8.42 Å². The Kier molecular flexibility index (Phi) is 6.14. The summed E-state index contributed by atoms with van der Waals surface area (Å²) in [6.45, 7) is 3.33. The molecule has 0 spiro atoms. The van der Waals surface area contributed by atoms with E-state index in [9.17, 15) is 13.2 Å². The lowest BCUT2D eigenvalue weighted by atomic mass is 10.2. The molecule has 0 aliphatic heterocycles. The Hall–Kier alpha value is -0.880. The fourth-order valence-corrected chi connectivity index (χ4v) is 1.50. The van der Waals surface area contributed by atoms with E-state index in [2.05, 4.69) is 11.9 Å². The van der Waals surface area contributed by atoms with E-state index in [1.54, 1.807) is 0 Å². The Labute approximate surface area is 83.9 Å². The molecule has 14 heavy (non-hydrogen) atoms. The van der Waals surface area contributed by atoms with Crippen LogP contribution in [0.3, 0.4) is 0 Å². The van der Waals surface area contributed by atoms with Crippen molar-refractivity contribution in [1.82, 2.24) is 5.32 Å². The smallest absolute Gasteiger partial charge is 0.264 e. The van der Waals surface area contributed by atoms with Crippen LogP contribution in [0.4, 0.5) is 0 Å². The molecule has 2 N–H and O–H groups in total. The average molecular weight is 221 g/mol. The van der Waals surface area contributed by atoms with Crippen molar-refractivity contribution in [3.8, 4) is 0 Å². The Bertz CT molecular complexity index is 284. The van der Waals surface area contributed by atoms with Crippen molar-refractivity contribution in [2.45, 2.75) is 25.7 Å². The first-order chi connectivity index (χ1) is 6.45. The predicted molar refractivity (Wildman–Crippen MR) is 53.2 cm³/mol. The largest absolute Gasteiger partial charge is 0.333 e. The lowest BCUT2D eigenvalue weighted by molar-refractivity contribution is -0.120. The van der Waals surface area contributed by atoms with Crippen LogP contribution in [0.1, 0.15) is 25.7 Å². The molecule has 0 aliphatic carbocycles. The second-order valence-electron chi connectivity index (χ2n) is 2.87. The molecule has 0 unspecified atom stereocenters. The number of nitrogens with one attached hydrogen (secondary N) is 1. The normalized spacial score (nSPS) is 10.9. The summed E-state index contributed by atoms with van der Waals surface area (Å²) in [4.78, 5) is 10.9. The van der Waals surface area contributed by atoms with Gasteiger partial charge >= 0.3 is 0 Å². The monoisotopic (exact) mass is 221 g/mol. The van der Waals surface area contributed by atoms with E-state index in [4.69, 9.17) is 4.55 Å². The molecule has 0 fully saturated rings. The van der Waals surface area contributed by atoms with E-state index in [0.29, 0.717) is 25.7 Å². The van der Waals surface area contributed by atoms with Crippen LogP contribution in [0.5, 0.6) is 0 Å². The van der Waals surface area contributed by atoms with E-state index < -0.39 is 10.1 Å². The van der Waals surface area contributed by atoms with E-state index in [-0.39, 0.29) is 11.7 Å². The zero-order valence-electron chi connectivity index (χ0n) is 7.90. The van der Waals surface area contributed by atoms with Gasteiger partial charge in [-0.25, -0.2) is 0 Å². The average Bonchev–Trinajstić information content (AvgIpc) is 2.02. The summed E-state index contributed by atoms with van der Waals surface area (Å²) in [5, 5.41) is 2.41. The first kappa shape index (κ1) is 13.1. The lowest BCUT2D eigenvalue weighted by Crippen LogP contribution is -2.15. The molecule has 0 radical (unpaired) electrons. The van der Waals surface area contributed by atoms with Crippen LogP contribution < -0.4 is 5.32 Å². The third kappa shape index (κ3) is 9.21. The van der Waals surface area contributed by atoms with Crippen LogP contribution in [0.25, 0.3) is 0 Å². The van der Waals surface area contributed by atoms with Gasteiger partial charge in [0, 0.05) is 6.42 Å². The molecule has 0 aromatic heterocycles. The van der Waals surface area contributed by atoms with Crippen LogP contribution in [-0.2, 0) is 14.9 Å². The third-order valence-corrected chi connectivity index (χ3v) is 2.37. The van der Waals surface area contributed by atoms with Crippen LogP contribution in [0.15, 0.2) is 12.8 Å². The molecule has 0 aromatic rings. The summed E-state index contributed by atoms with van der Waals surface area (Å²) in [6, 6.07) is 0. The van der Waals surface area contributed by atoms with Gasteiger partial charge in [0.05, 0.1) is 5.75 Å². The third-order valence-electron chi connectivity index (χ3n) is 1.57. The maximum absolute atomic E-state index is 10.9. The van der Waals surface area contributed by atoms with E-state index in [1.807, 2.05) is 0 Å². The molecule has 0 saturated carbocycles. The van der Waals surface area contributed by atoms with Gasteiger partial charge in [-0.05, 0) is 19.0 Å². The maximum atomic E-state index is 10.9. The fourth-order valence-electron chi connectivity index (χ4n) is 0.933.